The number of benzene rings is 2. The largest absolute Gasteiger partial charge is 0.491 e. The van der Waals surface area contributed by atoms with Crippen LogP contribution in [0.2, 0.25) is 0 Å². The second-order valence-electron chi connectivity index (χ2n) is 7.84. The van der Waals surface area contributed by atoms with E-state index < -0.39 is 6.10 Å². The van der Waals surface area contributed by atoms with Crippen molar-refractivity contribution in [3.63, 3.8) is 0 Å². The molecule has 0 saturated carbocycles. The molecule has 1 saturated heterocycles. The Hall–Kier alpha value is -1.55. The Balaban J connectivity index is 0.00000261. The van der Waals surface area contributed by atoms with Crippen LogP contribution >= 0.6 is 12.4 Å². The number of aliphatic hydroxyl groups is 1. The van der Waals surface area contributed by atoms with Crippen LogP contribution in [-0.4, -0.2) is 42.4 Å². The first-order valence-corrected chi connectivity index (χ1v) is 9.75. The van der Waals surface area contributed by atoms with Gasteiger partial charge in [-0.15, -0.1) is 12.4 Å². The number of likely N-dealkylation sites (tertiary alicyclic amines) is 1. The molecule has 1 atom stereocenters. The van der Waals surface area contributed by atoms with Crippen LogP contribution in [0.3, 0.4) is 0 Å². The quantitative estimate of drug-likeness (QED) is 0.747. The van der Waals surface area contributed by atoms with Crippen LogP contribution in [-0.2, 0) is 5.41 Å². The maximum absolute atomic E-state index is 10.2. The highest BCUT2D eigenvalue weighted by Crippen LogP contribution is 2.32. The monoisotopic (exact) mass is 389 g/mol. The summed E-state index contributed by atoms with van der Waals surface area (Å²) in [6, 6.07) is 18.8. The van der Waals surface area contributed by atoms with E-state index in [9.17, 15) is 5.11 Å². The molecule has 1 unspecified atom stereocenters. The van der Waals surface area contributed by atoms with E-state index in [2.05, 4.69) is 55.1 Å². The third kappa shape index (κ3) is 5.97. The van der Waals surface area contributed by atoms with Crippen molar-refractivity contribution in [1.29, 1.82) is 0 Å². The molecule has 0 spiro atoms. The van der Waals surface area contributed by atoms with E-state index in [1.807, 2.05) is 18.2 Å². The maximum atomic E-state index is 10.2. The first-order chi connectivity index (χ1) is 12.6. The minimum Gasteiger partial charge on any atom is -0.491 e. The fraction of sp³-hybridized carbons (Fsp3) is 0.478. The van der Waals surface area contributed by atoms with Crippen molar-refractivity contribution in [2.75, 3.05) is 26.2 Å². The highest BCUT2D eigenvalue weighted by molar-refractivity contribution is 5.85. The Morgan fingerprint density at radius 1 is 0.926 bits per heavy atom. The van der Waals surface area contributed by atoms with Crippen molar-refractivity contribution in [1.82, 2.24) is 4.90 Å². The lowest BCUT2D eigenvalue weighted by molar-refractivity contribution is 0.0617. The lowest BCUT2D eigenvalue weighted by Crippen LogP contribution is -2.38. The van der Waals surface area contributed by atoms with Crippen LogP contribution in [0.1, 0.15) is 44.2 Å². The van der Waals surface area contributed by atoms with E-state index >= 15 is 0 Å². The van der Waals surface area contributed by atoms with Gasteiger partial charge in [-0.25, -0.2) is 0 Å². The number of ether oxygens (including phenoxy) is 1. The normalized spacial score (nSPS) is 16.4. The van der Waals surface area contributed by atoms with Crippen molar-refractivity contribution in [3.05, 3.63) is 65.7 Å². The summed E-state index contributed by atoms with van der Waals surface area (Å²) in [5.41, 5.74) is 2.50. The number of rotatable bonds is 7. The molecule has 0 aromatic heterocycles. The molecular formula is C23H32ClNO2. The third-order valence-corrected chi connectivity index (χ3v) is 5.43. The van der Waals surface area contributed by atoms with Crippen molar-refractivity contribution in [3.8, 4) is 5.75 Å². The Morgan fingerprint density at radius 2 is 1.52 bits per heavy atom. The zero-order valence-corrected chi connectivity index (χ0v) is 17.3. The molecule has 2 aromatic rings. The average molecular weight is 390 g/mol. The van der Waals surface area contributed by atoms with Gasteiger partial charge in [-0.2, -0.15) is 0 Å². The molecule has 4 heteroatoms. The van der Waals surface area contributed by atoms with Crippen molar-refractivity contribution in [2.24, 2.45) is 0 Å². The zero-order chi connectivity index (χ0) is 18.4. The molecule has 2 aromatic carbocycles. The van der Waals surface area contributed by atoms with Gasteiger partial charge in [-0.3, -0.25) is 0 Å². The molecule has 1 fully saturated rings. The number of piperidine rings is 1. The molecule has 1 aliphatic rings. The van der Waals surface area contributed by atoms with E-state index in [0.29, 0.717) is 13.2 Å². The van der Waals surface area contributed by atoms with Gasteiger partial charge in [0.1, 0.15) is 18.5 Å². The Kier molecular flexibility index (Phi) is 8.15. The molecule has 1 N–H and O–H groups in total. The summed E-state index contributed by atoms with van der Waals surface area (Å²) >= 11 is 0. The lowest BCUT2D eigenvalue weighted by Gasteiger charge is -2.28. The molecule has 27 heavy (non-hydrogen) atoms. The van der Waals surface area contributed by atoms with Gasteiger partial charge in [-0.1, -0.05) is 62.7 Å². The summed E-state index contributed by atoms with van der Waals surface area (Å²) in [7, 11) is 0. The maximum Gasteiger partial charge on any atom is 0.119 e. The highest BCUT2D eigenvalue weighted by Gasteiger charge is 2.22. The van der Waals surface area contributed by atoms with Gasteiger partial charge in [-0.05, 0) is 49.2 Å². The van der Waals surface area contributed by atoms with Crippen molar-refractivity contribution >= 4 is 12.4 Å². The number of hydrogen-bond acceptors (Lipinski definition) is 3. The topological polar surface area (TPSA) is 32.7 Å². The molecule has 1 aliphatic heterocycles. The second kappa shape index (κ2) is 10.1. The fourth-order valence-corrected chi connectivity index (χ4v) is 3.67. The minimum absolute atomic E-state index is 0. The molecule has 1 heterocycles. The van der Waals surface area contributed by atoms with Crippen LogP contribution in [0, 0.1) is 0 Å². The standard InChI is InChI=1S/C23H31NO2.ClH/c1-23(2,19-9-5-3-6-10-19)20-11-13-22(14-12-20)26-18-21(25)17-24-15-7-4-8-16-24;/h3,5-6,9-14,21,25H,4,7-8,15-18H2,1-2H3;1H. The van der Waals surface area contributed by atoms with Crippen LogP contribution in [0.25, 0.3) is 0 Å². The van der Waals surface area contributed by atoms with Gasteiger partial charge in [0.2, 0.25) is 0 Å². The second-order valence-corrected chi connectivity index (χ2v) is 7.84. The van der Waals surface area contributed by atoms with Crippen molar-refractivity contribution < 1.29 is 9.84 Å². The van der Waals surface area contributed by atoms with E-state index in [-0.39, 0.29) is 17.8 Å². The highest BCUT2D eigenvalue weighted by atomic mass is 35.5. The van der Waals surface area contributed by atoms with Crippen molar-refractivity contribution in [2.45, 2.75) is 44.6 Å². The molecular weight excluding hydrogens is 358 g/mol. The van der Waals surface area contributed by atoms with Gasteiger partial charge in [0, 0.05) is 12.0 Å². The molecule has 0 amide bonds. The van der Waals surface area contributed by atoms with E-state index in [1.165, 1.54) is 30.4 Å². The number of aliphatic hydroxyl groups excluding tert-OH is 1. The van der Waals surface area contributed by atoms with Gasteiger partial charge in [0.05, 0.1) is 0 Å². The first kappa shape index (κ1) is 21.7. The van der Waals surface area contributed by atoms with Gasteiger partial charge < -0.3 is 14.7 Å². The zero-order valence-electron chi connectivity index (χ0n) is 16.4. The van der Waals surface area contributed by atoms with Crippen LogP contribution in [0.15, 0.2) is 54.6 Å². The number of hydrogen-bond donors (Lipinski definition) is 1. The van der Waals surface area contributed by atoms with Gasteiger partial charge in [0.15, 0.2) is 0 Å². The molecule has 0 aliphatic carbocycles. The number of β-amino-alcohol motifs (C(OH)–C–C–N with tert-alkyl or cyclic N) is 1. The smallest absolute Gasteiger partial charge is 0.119 e. The van der Waals surface area contributed by atoms with Crippen LogP contribution in [0.5, 0.6) is 5.75 Å². The van der Waals surface area contributed by atoms with E-state index in [1.54, 1.807) is 0 Å². The summed E-state index contributed by atoms with van der Waals surface area (Å²) in [5, 5.41) is 10.2. The minimum atomic E-state index is -0.437. The summed E-state index contributed by atoms with van der Waals surface area (Å²) in [5.74, 6) is 0.815. The van der Waals surface area contributed by atoms with Crippen LogP contribution in [0.4, 0.5) is 0 Å². The summed E-state index contributed by atoms with van der Waals surface area (Å²) < 4.78 is 5.81. The summed E-state index contributed by atoms with van der Waals surface area (Å²) in [4.78, 5) is 2.34. The van der Waals surface area contributed by atoms with Crippen LogP contribution < -0.4 is 4.74 Å². The molecule has 3 rings (SSSR count). The summed E-state index contributed by atoms with van der Waals surface area (Å²) in [6.07, 6.45) is 3.36. The first-order valence-electron chi connectivity index (χ1n) is 9.75. The summed E-state index contributed by atoms with van der Waals surface area (Å²) in [6.45, 7) is 7.72. The third-order valence-electron chi connectivity index (χ3n) is 5.43. The number of halogens is 1. The molecule has 148 valence electrons. The molecule has 0 radical (unpaired) electrons. The average Bonchev–Trinajstić information content (AvgIpc) is 2.68. The predicted octanol–water partition coefficient (Wildman–Crippen LogP) is 4.66. The molecule has 0 bridgehead atoms. The van der Waals surface area contributed by atoms with E-state index in [0.717, 1.165) is 18.8 Å². The fourth-order valence-electron chi connectivity index (χ4n) is 3.67. The SMILES string of the molecule is CC(C)(c1ccccc1)c1ccc(OCC(O)CN2CCCCC2)cc1.Cl. The number of nitrogens with zero attached hydrogens (tertiary/aromatic N) is 1. The Morgan fingerprint density at radius 3 is 2.15 bits per heavy atom. The molecule has 3 nitrogen and oxygen atoms in total. The Bertz CT molecular complexity index is 667. The van der Waals surface area contributed by atoms with Gasteiger partial charge >= 0.3 is 0 Å². The predicted molar refractivity (Wildman–Crippen MR) is 114 cm³/mol. The lowest BCUT2D eigenvalue weighted by atomic mass is 9.78. The Labute approximate surface area is 169 Å². The van der Waals surface area contributed by atoms with Gasteiger partial charge in [0.25, 0.3) is 0 Å². The van der Waals surface area contributed by atoms with E-state index in [4.69, 9.17) is 4.74 Å².